The SMILES string of the molecule is CCC1Oc2ncc(CN3CC=C(c4ccc(C(=O)NC)c(C)c4)CO3)cc2NC1=O. The summed E-state index contributed by atoms with van der Waals surface area (Å²) in [6.07, 6.45) is 3.97. The van der Waals surface area contributed by atoms with Crippen LogP contribution in [0.2, 0.25) is 0 Å². The maximum Gasteiger partial charge on any atom is 0.265 e. The molecule has 1 aromatic heterocycles. The van der Waals surface area contributed by atoms with Crippen molar-refractivity contribution in [3.05, 3.63) is 58.8 Å². The standard InChI is InChI=1S/C23H26N4O4/c1-4-20-22(29)26-19-10-15(11-25-23(19)31-20)12-27-8-7-17(13-30-27)16-5-6-18(14(2)9-16)21(28)24-3/h5-7,9-11,20H,4,8,12-13H2,1-3H3,(H,24,28)(H,26,29). The molecule has 2 aromatic rings. The van der Waals surface area contributed by atoms with E-state index in [2.05, 4.69) is 21.7 Å². The topological polar surface area (TPSA) is 92.8 Å². The lowest BCUT2D eigenvalue weighted by atomic mass is 9.99. The number of nitrogens with zero attached hydrogens (tertiary/aromatic N) is 2. The number of pyridine rings is 1. The van der Waals surface area contributed by atoms with Crippen molar-refractivity contribution >= 4 is 23.1 Å². The van der Waals surface area contributed by atoms with Crippen LogP contribution in [0.25, 0.3) is 5.57 Å². The highest BCUT2D eigenvalue weighted by molar-refractivity contribution is 5.97. The van der Waals surface area contributed by atoms with Crippen LogP contribution in [0.5, 0.6) is 5.88 Å². The van der Waals surface area contributed by atoms with Gasteiger partial charge in [-0.1, -0.05) is 25.1 Å². The minimum Gasteiger partial charge on any atom is -0.463 e. The Bertz CT molecular complexity index is 1050. The highest BCUT2D eigenvalue weighted by Crippen LogP contribution is 2.29. The predicted molar refractivity (Wildman–Crippen MR) is 116 cm³/mol. The highest BCUT2D eigenvalue weighted by atomic mass is 16.7. The molecule has 1 unspecified atom stereocenters. The molecule has 0 spiro atoms. The van der Waals surface area contributed by atoms with Crippen molar-refractivity contribution in [1.82, 2.24) is 15.4 Å². The van der Waals surface area contributed by atoms with Gasteiger partial charge in [-0.05, 0) is 47.7 Å². The summed E-state index contributed by atoms with van der Waals surface area (Å²) in [5.41, 5.74) is 5.23. The third-order valence-corrected chi connectivity index (χ3v) is 5.45. The van der Waals surface area contributed by atoms with Gasteiger partial charge in [0.15, 0.2) is 6.10 Å². The van der Waals surface area contributed by atoms with Crippen LogP contribution >= 0.6 is 0 Å². The number of anilines is 1. The monoisotopic (exact) mass is 422 g/mol. The second kappa shape index (κ2) is 8.87. The van der Waals surface area contributed by atoms with E-state index >= 15 is 0 Å². The van der Waals surface area contributed by atoms with E-state index in [0.29, 0.717) is 43.2 Å². The summed E-state index contributed by atoms with van der Waals surface area (Å²) in [5, 5.41) is 7.36. The zero-order chi connectivity index (χ0) is 22.0. The van der Waals surface area contributed by atoms with Crippen LogP contribution in [0.4, 0.5) is 5.69 Å². The van der Waals surface area contributed by atoms with Gasteiger partial charge < -0.3 is 15.4 Å². The first-order valence-corrected chi connectivity index (χ1v) is 10.3. The number of ether oxygens (including phenoxy) is 1. The molecule has 1 aromatic carbocycles. The number of aromatic nitrogens is 1. The van der Waals surface area contributed by atoms with Gasteiger partial charge in [-0.25, -0.2) is 4.98 Å². The van der Waals surface area contributed by atoms with Crippen LogP contribution < -0.4 is 15.4 Å². The molecule has 2 amide bonds. The Kier molecular flexibility index (Phi) is 6.01. The van der Waals surface area contributed by atoms with Gasteiger partial charge in [0, 0.05) is 25.4 Å². The molecule has 8 nitrogen and oxygen atoms in total. The maximum atomic E-state index is 12.0. The van der Waals surface area contributed by atoms with E-state index in [4.69, 9.17) is 9.57 Å². The molecule has 2 aliphatic heterocycles. The Balaban J connectivity index is 1.41. The van der Waals surface area contributed by atoms with Crippen molar-refractivity contribution in [2.75, 3.05) is 25.5 Å². The van der Waals surface area contributed by atoms with Crippen molar-refractivity contribution < 1.29 is 19.2 Å². The molecule has 1 atom stereocenters. The molecule has 0 bridgehead atoms. The molecule has 2 N–H and O–H groups in total. The van der Waals surface area contributed by atoms with E-state index in [1.807, 2.05) is 43.2 Å². The lowest BCUT2D eigenvalue weighted by Crippen LogP contribution is -2.37. The molecule has 0 saturated heterocycles. The Morgan fingerprint density at radius 1 is 1.35 bits per heavy atom. The van der Waals surface area contributed by atoms with E-state index in [-0.39, 0.29) is 11.8 Å². The molecule has 4 rings (SSSR count). The van der Waals surface area contributed by atoms with E-state index in [0.717, 1.165) is 22.3 Å². The number of fused-ring (bicyclic) bond motifs is 1. The Morgan fingerprint density at radius 2 is 2.19 bits per heavy atom. The number of hydrogen-bond acceptors (Lipinski definition) is 6. The fourth-order valence-electron chi connectivity index (χ4n) is 3.69. The lowest BCUT2D eigenvalue weighted by Gasteiger charge is -2.27. The first kappa shape index (κ1) is 21.0. The van der Waals surface area contributed by atoms with Crippen molar-refractivity contribution in [3.63, 3.8) is 0 Å². The molecule has 0 fully saturated rings. The molecule has 0 aliphatic carbocycles. The molecular weight excluding hydrogens is 396 g/mol. The van der Waals surface area contributed by atoms with Crippen LogP contribution in [0.1, 0.15) is 40.4 Å². The fourth-order valence-corrected chi connectivity index (χ4v) is 3.69. The minimum absolute atomic E-state index is 0.0884. The normalized spacial score (nSPS) is 18.5. The summed E-state index contributed by atoms with van der Waals surface area (Å²) in [6.45, 7) is 5.42. The van der Waals surface area contributed by atoms with Gasteiger partial charge in [-0.2, -0.15) is 5.06 Å². The van der Waals surface area contributed by atoms with Crippen LogP contribution in [-0.4, -0.2) is 48.2 Å². The van der Waals surface area contributed by atoms with E-state index in [1.165, 1.54) is 0 Å². The van der Waals surface area contributed by atoms with Crippen molar-refractivity contribution in [2.24, 2.45) is 0 Å². The number of carbonyl (C=O) groups excluding carboxylic acids is 2. The number of hydroxylamine groups is 2. The quantitative estimate of drug-likeness (QED) is 0.770. The smallest absolute Gasteiger partial charge is 0.265 e. The van der Waals surface area contributed by atoms with Crippen LogP contribution in [0.3, 0.4) is 0 Å². The van der Waals surface area contributed by atoms with Gasteiger partial charge in [0.1, 0.15) is 5.69 Å². The van der Waals surface area contributed by atoms with Gasteiger partial charge in [-0.15, -0.1) is 0 Å². The van der Waals surface area contributed by atoms with E-state index < -0.39 is 6.10 Å². The number of nitrogens with one attached hydrogen (secondary N) is 2. The second-order valence-electron chi connectivity index (χ2n) is 7.63. The average Bonchev–Trinajstić information content (AvgIpc) is 2.78. The number of aryl methyl sites for hydroxylation is 1. The molecular formula is C23H26N4O4. The third-order valence-electron chi connectivity index (χ3n) is 5.45. The Morgan fingerprint density at radius 3 is 2.87 bits per heavy atom. The van der Waals surface area contributed by atoms with Gasteiger partial charge in [-0.3, -0.25) is 14.4 Å². The first-order valence-electron chi connectivity index (χ1n) is 10.3. The maximum absolute atomic E-state index is 12.0. The van der Waals surface area contributed by atoms with Crippen molar-refractivity contribution in [1.29, 1.82) is 0 Å². The number of carbonyl (C=O) groups is 2. The van der Waals surface area contributed by atoms with Crippen LogP contribution in [-0.2, 0) is 16.2 Å². The van der Waals surface area contributed by atoms with Crippen LogP contribution in [0, 0.1) is 6.92 Å². The molecule has 2 aliphatic rings. The summed E-state index contributed by atoms with van der Waals surface area (Å²) >= 11 is 0. The largest absolute Gasteiger partial charge is 0.463 e. The summed E-state index contributed by atoms with van der Waals surface area (Å²) in [4.78, 5) is 34.2. The predicted octanol–water partition coefficient (Wildman–Crippen LogP) is 2.69. The number of benzene rings is 1. The molecule has 162 valence electrons. The van der Waals surface area contributed by atoms with Crippen molar-refractivity contribution in [2.45, 2.75) is 32.9 Å². The van der Waals surface area contributed by atoms with E-state index in [9.17, 15) is 9.59 Å². The Hall–Kier alpha value is -3.23. The number of amides is 2. The zero-order valence-electron chi connectivity index (χ0n) is 17.9. The third kappa shape index (κ3) is 4.45. The van der Waals surface area contributed by atoms with Gasteiger partial charge >= 0.3 is 0 Å². The Labute approximate surface area is 181 Å². The summed E-state index contributed by atoms with van der Waals surface area (Å²) in [5.74, 6) is 0.218. The highest BCUT2D eigenvalue weighted by Gasteiger charge is 2.27. The molecule has 0 radical (unpaired) electrons. The lowest BCUT2D eigenvalue weighted by molar-refractivity contribution is -0.150. The summed E-state index contributed by atoms with van der Waals surface area (Å²) < 4.78 is 5.64. The molecule has 8 heteroatoms. The van der Waals surface area contributed by atoms with Gasteiger partial charge in [0.05, 0.1) is 13.2 Å². The van der Waals surface area contributed by atoms with Gasteiger partial charge in [0.25, 0.3) is 11.8 Å². The number of hydrogen-bond donors (Lipinski definition) is 2. The zero-order valence-corrected chi connectivity index (χ0v) is 17.9. The molecule has 3 heterocycles. The molecule has 31 heavy (non-hydrogen) atoms. The summed E-state index contributed by atoms with van der Waals surface area (Å²) in [7, 11) is 1.63. The first-order chi connectivity index (χ1) is 15.0. The summed E-state index contributed by atoms with van der Waals surface area (Å²) in [6, 6.07) is 7.67. The van der Waals surface area contributed by atoms with Crippen LogP contribution in [0.15, 0.2) is 36.5 Å². The fraction of sp³-hybridized carbons (Fsp3) is 0.348. The number of rotatable bonds is 5. The van der Waals surface area contributed by atoms with Crippen molar-refractivity contribution in [3.8, 4) is 5.88 Å². The molecule has 0 saturated carbocycles. The van der Waals surface area contributed by atoms with Gasteiger partial charge in [0.2, 0.25) is 5.88 Å². The minimum atomic E-state index is -0.492. The van der Waals surface area contributed by atoms with E-state index in [1.54, 1.807) is 13.2 Å². The average molecular weight is 422 g/mol. The second-order valence-corrected chi connectivity index (χ2v) is 7.63.